The maximum Gasteiger partial charge on any atom is 0.204 e. The topological polar surface area (TPSA) is 158 Å². The number of ether oxygens (including phenoxy) is 1. The summed E-state index contributed by atoms with van der Waals surface area (Å²) in [5, 5.41) is 49.8. The van der Waals surface area contributed by atoms with Crippen molar-refractivity contribution in [2.75, 3.05) is 12.3 Å². The largest absolute Gasteiger partial charge is 0.394 e. The molecule has 2 aromatic rings. The van der Waals surface area contributed by atoms with Crippen LogP contribution in [0.15, 0.2) is 24.3 Å². The third kappa shape index (κ3) is 3.40. The first kappa shape index (κ1) is 20.3. The molecule has 0 saturated carbocycles. The number of aliphatic hydroxyl groups excluding tert-OH is 4. The lowest BCUT2D eigenvalue weighted by Gasteiger charge is -2.41. The molecule has 6 N–H and O–H groups in total. The SMILES string of the molecule is Cc1ccc(-c2c(C#N)c(N)nc(=S)n2[C@@H]2O[C@H](CO)[C@@H](O)[C@H](O)[C@H]2O)cc1. The molecule has 1 aromatic heterocycles. The molecule has 2 heterocycles. The number of aryl methyl sites for hydroxylation is 1. The van der Waals surface area contributed by atoms with Gasteiger partial charge in [0.2, 0.25) is 4.77 Å². The minimum Gasteiger partial charge on any atom is -0.394 e. The van der Waals surface area contributed by atoms with Crippen molar-refractivity contribution >= 4 is 18.0 Å². The number of anilines is 1. The first-order valence-electron chi connectivity index (χ1n) is 8.49. The highest BCUT2D eigenvalue weighted by Gasteiger charge is 2.45. The molecule has 0 aliphatic carbocycles. The van der Waals surface area contributed by atoms with Gasteiger partial charge >= 0.3 is 0 Å². The molecule has 0 unspecified atom stereocenters. The molecule has 5 atom stereocenters. The Morgan fingerprint density at radius 3 is 2.43 bits per heavy atom. The van der Waals surface area contributed by atoms with E-state index in [9.17, 15) is 25.7 Å². The van der Waals surface area contributed by atoms with Gasteiger partial charge in [-0.2, -0.15) is 5.26 Å². The third-order valence-electron chi connectivity index (χ3n) is 4.71. The Bertz CT molecular complexity index is 970. The van der Waals surface area contributed by atoms with Crippen molar-refractivity contribution < 1.29 is 25.2 Å². The van der Waals surface area contributed by atoms with E-state index >= 15 is 0 Å². The molecule has 148 valence electrons. The molecule has 0 amide bonds. The highest BCUT2D eigenvalue weighted by molar-refractivity contribution is 7.71. The third-order valence-corrected chi connectivity index (χ3v) is 5.00. The van der Waals surface area contributed by atoms with Crippen LogP contribution in [0.5, 0.6) is 0 Å². The van der Waals surface area contributed by atoms with E-state index < -0.39 is 37.3 Å². The lowest BCUT2D eigenvalue weighted by molar-refractivity contribution is -0.251. The van der Waals surface area contributed by atoms with Gasteiger partial charge in [-0.25, -0.2) is 4.98 Å². The highest BCUT2D eigenvalue weighted by atomic mass is 32.1. The predicted molar refractivity (Wildman–Crippen MR) is 101 cm³/mol. The quantitative estimate of drug-likeness (QED) is 0.444. The van der Waals surface area contributed by atoms with Gasteiger partial charge in [-0.05, 0) is 24.7 Å². The lowest BCUT2D eigenvalue weighted by Crippen LogP contribution is -2.56. The average molecular weight is 404 g/mol. The van der Waals surface area contributed by atoms with Crippen LogP contribution in [0.3, 0.4) is 0 Å². The van der Waals surface area contributed by atoms with Crippen LogP contribution in [-0.4, -0.2) is 61.0 Å². The van der Waals surface area contributed by atoms with Crippen LogP contribution in [0.2, 0.25) is 0 Å². The molecule has 1 saturated heterocycles. The molecule has 28 heavy (non-hydrogen) atoms. The van der Waals surface area contributed by atoms with Crippen LogP contribution in [0, 0.1) is 23.0 Å². The van der Waals surface area contributed by atoms with E-state index in [2.05, 4.69) is 4.98 Å². The summed E-state index contributed by atoms with van der Waals surface area (Å²) in [7, 11) is 0. The van der Waals surface area contributed by atoms with Crippen LogP contribution < -0.4 is 5.73 Å². The van der Waals surface area contributed by atoms with Gasteiger partial charge in [0.15, 0.2) is 6.23 Å². The fraction of sp³-hybridized carbons (Fsp3) is 0.389. The standard InChI is InChI=1S/C18H20N4O5S/c1-8-2-4-9(5-3-8)12-10(6-19)16(20)21-18(28)22(12)17-15(26)14(25)13(24)11(7-23)27-17/h2-5,11,13-15,17,23-26H,7H2,1H3,(H2,20,21,28)/t11-,13-,14+,15-,17-/m1/s1. The zero-order valence-electron chi connectivity index (χ0n) is 14.9. The van der Waals surface area contributed by atoms with Crippen LogP contribution in [0.4, 0.5) is 5.82 Å². The molecular weight excluding hydrogens is 384 g/mol. The monoisotopic (exact) mass is 404 g/mol. The van der Waals surface area contributed by atoms with Gasteiger partial charge in [0, 0.05) is 0 Å². The first-order valence-corrected chi connectivity index (χ1v) is 8.90. The molecule has 1 fully saturated rings. The second-order valence-electron chi connectivity index (χ2n) is 6.57. The summed E-state index contributed by atoms with van der Waals surface area (Å²) in [4.78, 5) is 3.99. The maximum atomic E-state index is 10.5. The summed E-state index contributed by atoms with van der Waals surface area (Å²) in [5.74, 6) is -0.0797. The van der Waals surface area contributed by atoms with E-state index in [0.29, 0.717) is 5.56 Å². The predicted octanol–water partition coefficient (Wildman–Crippen LogP) is 0.0143. The van der Waals surface area contributed by atoms with Crippen molar-refractivity contribution in [2.24, 2.45) is 0 Å². The van der Waals surface area contributed by atoms with Crippen molar-refractivity contribution in [3.8, 4) is 17.3 Å². The summed E-state index contributed by atoms with van der Waals surface area (Å²) < 4.78 is 6.81. The van der Waals surface area contributed by atoms with Crippen LogP contribution >= 0.6 is 12.2 Å². The van der Waals surface area contributed by atoms with Crippen molar-refractivity contribution in [1.29, 1.82) is 5.26 Å². The molecule has 3 rings (SSSR count). The molecule has 9 nitrogen and oxygen atoms in total. The Balaban J connectivity index is 2.27. The maximum absolute atomic E-state index is 10.5. The summed E-state index contributed by atoms with van der Waals surface area (Å²) in [6.07, 6.45) is -7.17. The van der Waals surface area contributed by atoms with Gasteiger partial charge in [-0.1, -0.05) is 29.8 Å². The Morgan fingerprint density at radius 1 is 1.21 bits per heavy atom. The Morgan fingerprint density at radius 2 is 1.86 bits per heavy atom. The van der Waals surface area contributed by atoms with Gasteiger partial charge in [-0.15, -0.1) is 0 Å². The molecule has 10 heteroatoms. The first-order chi connectivity index (χ1) is 13.3. The normalized spacial score (nSPS) is 27.4. The smallest absolute Gasteiger partial charge is 0.204 e. The average Bonchev–Trinajstić information content (AvgIpc) is 2.67. The Kier molecular flexibility index (Phi) is 5.76. The van der Waals surface area contributed by atoms with E-state index in [1.54, 1.807) is 12.1 Å². The molecule has 1 aliphatic rings. The van der Waals surface area contributed by atoms with Crippen molar-refractivity contribution in [2.45, 2.75) is 37.6 Å². The van der Waals surface area contributed by atoms with Crippen molar-refractivity contribution in [3.05, 3.63) is 40.2 Å². The van der Waals surface area contributed by atoms with Crippen LogP contribution in [-0.2, 0) is 4.74 Å². The van der Waals surface area contributed by atoms with Gasteiger partial charge in [0.05, 0.1) is 12.3 Å². The number of nitriles is 1. The highest BCUT2D eigenvalue weighted by Crippen LogP contribution is 2.35. The van der Waals surface area contributed by atoms with E-state index in [4.69, 9.17) is 22.7 Å². The fourth-order valence-corrected chi connectivity index (χ4v) is 3.48. The van der Waals surface area contributed by atoms with Crippen LogP contribution in [0.25, 0.3) is 11.3 Å². The Labute approximate surface area is 165 Å². The summed E-state index contributed by atoms with van der Waals surface area (Å²) in [6, 6.07) is 9.15. The van der Waals surface area contributed by atoms with Gasteiger partial charge in [-0.3, -0.25) is 4.57 Å². The van der Waals surface area contributed by atoms with Crippen molar-refractivity contribution in [1.82, 2.24) is 9.55 Å². The zero-order valence-corrected chi connectivity index (χ0v) is 15.7. The zero-order chi connectivity index (χ0) is 20.6. The summed E-state index contributed by atoms with van der Waals surface area (Å²) in [5.41, 5.74) is 7.72. The summed E-state index contributed by atoms with van der Waals surface area (Å²) >= 11 is 5.30. The number of rotatable bonds is 3. The van der Waals surface area contributed by atoms with E-state index in [-0.39, 0.29) is 21.8 Å². The molecule has 1 aromatic carbocycles. The minimum absolute atomic E-state index is 0.0226. The number of hydrogen-bond donors (Lipinski definition) is 5. The van der Waals surface area contributed by atoms with E-state index in [1.165, 1.54) is 4.57 Å². The van der Waals surface area contributed by atoms with Gasteiger partial charge < -0.3 is 30.9 Å². The number of benzene rings is 1. The van der Waals surface area contributed by atoms with E-state index in [1.807, 2.05) is 25.1 Å². The molecule has 0 spiro atoms. The molecule has 0 radical (unpaired) electrons. The number of aliphatic hydroxyl groups is 4. The molecular formula is C18H20N4O5S. The van der Waals surface area contributed by atoms with Gasteiger partial charge in [0.1, 0.15) is 41.9 Å². The van der Waals surface area contributed by atoms with Crippen molar-refractivity contribution in [3.63, 3.8) is 0 Å². The van der Waals surface area contributed by atoms with E-state index in [0.717, 1.165) is 5.56 Å². The second kappa shape index (κ2) is 7.92. The lowest BCUT2D eigenvalue weighted by atomic mass is 9.97. The number of hydrogen-bond acceptors (Lipinski definition) is 9. The minimum atomic E-state index is -1.60. The second-order valence-corrected chi connectivity index (χ2v) is 6.94. The Hall–Kier alpha value is -2.39. The van der Waals surface area contributed by atoms with Gasteiger partial charge in [0.25, 0.3) is 0 Å². The fourth-order valence-electron chi connectivity index (χ4n) is 3.19. The molecule has 0 bridgehead atoms. The molecule has 1 aliphatic heterocycles. The number of nitrogen functional groups attached to an aromatic ring is 1. The van der Waals surface area contributed by atoms with Crippen LogP contribution in [0.1, 0.15) is 17.4 Å². The summed E-state index contributed by atoms with van der Waals surface area (Å²) in [6.45, 7) is 1.31. The number of nitrogens with two attached hydrogens (primary N) is 1. The number of nitrogens with zero attached hydrogens (tertiary/aromatic N) is 3. The number of aromatic nitrogens is 2.